The third-order valence-electron chi connectivity index (χ3n) is 3.15. The van der Waals surface area contributed by atoms with Crippen LogP contribution in [0, 0.1) is 0 Å². The van der Waals surface area contributed by atoms with E-state index < -0.39 is 7.38 Å². The highest BCUT2D eigenvalue weighted by Crippen LogP contribution is 2.37. The van der Waals surface area contributed by atoms with Crippen LogP contribution in [0.5, 0.6) is 0 Å². The first-order valence-electron chi connectivity index (χ1n) is 5.72. The Kier molecular flexibility index (Phi) is 5.05. The summed E-state index contributed by atoms with van der Waals surface area (Å²) in [5.74, 6) is 0. The van der Waals surface area contributed by atoms with Gasteiger partial charge in [-0.3, -0.25) is 0 Å². The minimum Gasteiger partial charge on any atom is -0.167 e. The monoisotopic (exact) mass is 233 g/mol. The Bertz CT molecular complexity index is 142. The van der Waals surface area contributed by atoms with Crippen molar-refractivity contribution < 1.29 is 0 Å². The van der Waals surface area contributed by atoms with Crippen LogP contribution in [0.4, 0.5) is 0 Å². The molecule has 0 saturated carbocycles. The zero-order valence-electron chi connectivity index (χ0n) is 9.03. The summed E-state index contributed by atoms with van der Waals surface area (Å²) >= 11 is 6.70. The van der Waals surface area contributed by atoms with Crippen LogP contribution in [0.3, 0.4) is 0 Å². The van der Waals surface area contributed by atoms with Gasteiger partial charge in [-0.15, -0.1) is 0 Å². The standard InChI is InChI=1S/C10H22ClSi2/c1-3-5-12-6-9-13(11,8-4-2)10-7-12/h3-10H2,1-2H3. The minimum absolute atomic E-state index is 0.0631. The molecule has 1 aliphatic heterocycles. The average molecular weight is 234 g/mol. The van der Waals surface area contributed by atoms with Gasteiger partial charge >= 0.3 is 0 Å². The molecule has 0 spiro atoms. The molecule has 0 aromatic rings. The molecule has 1 rings (SSSR count). The Morgan fingerprint density at radius 3 is 2.23 bits per heavy atom. The van der Waals surface area contributed by atoms with Crippen molar-refractivity contribution in [1.82, 2.24) is 0 Å². The molecule has 1 heterocycles. The molecule has 0 N–H and O–H groups in total. The smallest absolute Gasteiger partial charge is 0.155 e. The Labute approximate surface area is 90.4 Å². The van der Waals surface area contributed by atoms with Crippen LogP contribution in [0.1, 0.15) is 26.7 Å². The van der Waals surface area contributed by atoms with Gasteiger partial charge in [0.05, 0.1) is 0 Å². The largest absolute Gasteiger partial charge is 0.167 e. The third-order valence-corrected chi connectivity index (χ3v) is 12.7. The second-order valence-electron chi connectivity index (χ2n) is 4.40. The van der Waals surface area contributed by atoms with Crippen molar-refractivity contribution in [2.75, 3.05) is 0 Å². The zero-order valence-corrected chi connectivity index (χ0v) is 11.8. The predicted octanol–water partition coefficient (Wildman–Crippen LogP) is 4.50. The summed E-state index contributed by atoms with van der Waals surface area (Å²) in [6.07, 6.45) is 2.71. The fourth-order valence-electron chi connectivity index (χ4n) is 2.35. The molecule has 0 aromatic carbocycles. The maximum Gasteiger partial charge on any atom is 0.155 e. The maximum atomic E-state index is 6.70. The molecule has 3 heteroatoms. The van der Waals surface area contributed by atoms with Gasteiger partial charge < -0.3 is 0 Å². The highest BCUT2D eigenvalue weighted by molar-refractivity contribution is 7.21. The quantitative estimate of drug-likeness (QED) is 0.496. The number of hydrogen-bond acceptors (Lipinski definition) is 0. The lowest BCUT2D eigenvalue weighted by molar-refractivity contribution is 0.986. The summed E-state index contributed by atoms with van der Waals surface area (Å²) < 4.78 is 0. The Hall–Kier alpha value is 0.724. The molecular formula is C10H22ClSi2. The molecule has 13 heavy (non-hydrogen) atoms. The molecule has 1 aliphatic rings. The highest BCUT2D eigenvalue weighted by Gasteiger charge is 2.35. The lowest BCUT2D eigenvalue weighted by Gasteiger charge is -2.32. The summed E-state index contributed by atoms with van der Waals surface area (Å²) in [5.41, 5.74) is 0. The van der Waals surface area contributed by atoms with E-state index >= 15 is 0 Å². The molecule has 0 unspecified atom stereocenters. The van der Waals surface area contributed by atoms with Gasteiger partial charge in [0.1, 0.15) is 0 Å². The first-order chi connectivity index (χ1) is 6.20. The van der Waals surface area contributed by atoms with Gasteiger partial charge in [-0.1, -0.05) is 44.8 Å². The van der Waals surface area contributed by atoms with E-state index in [9.17, 15) is 0 Å². The zero-order chi connectivity index (χ0) is 9.73. The number of hydrogen-bond donors (Lipinski definition) is 0. The number of halogens is 1. The van der Waals surface area contributed by atoms with Crippen molar-refractivity contribution in [3.05, 3.63) is 0 Å². The molecule has 0 amide bonds. The van der Waals surface area contributed by atoms with Gasteiger partial charge in [0.25, 0.3) is 0 Å². The average Bonchev–Trinajstić information content (AvgIpc) is 2.10. The second-order valence-corrected chi connectivity index (χ2v) is 13.6. The van der Waals surface area contributed by atoms with E-state index in [1.54, 1.807) is 0 Å². The predicted molar refractivity (Wildman–Crippen MR) is 66.8 cm³/mol. The molecule has 0 atom stereocenters. The van der Waals surface area contributed by atoms with E-state index in [4.69, 9.17) is 11.1 Å². The molecule has 77 valence electrons. The fraction of sp³-hybridized carbons (Fsp3) is 1.00. The van der Waals surface area contributed by atoms with Gasteiger partial charge in [-0.05, 0) is 18.1 Å². The van der Waals surface area contributed by atoms with E-state index in [-0.39, 0.29) is 8.80 Å². The van der Waals surface area contributed by atoms with Crippen molar-refractivity contribution in [1.29, 1.82) is 0 Å². The molecule has 1 radical (unpaired) electrons. The summed E-state index contributed by atoms with van der Waals surface area (Å²) in [5, 5.41) is 0. The Morgan fingerprint density at radius 2 is 1.77 bits per heavy atom. The van der Waals surface area contributed by atoms with Crippen molar-refractivity contribution in [3.63, 3.8) is 0 Å². The number of rotatable bonds is 4. The first kappa shape index (κ1) is 11.8. The van der Waals surface area contributed by atoms with Gasteiger partial charge in [0.2, 0.25) is 0 Å². The maximum absolute atomic E-state index is 6.70. The van der Waals surface area contributed by atoms with Crippen molar-refractivity contribution >= 4 is 27.3 Å². The van der Waals surface area contributed by atoms with Gasteiger partial charge in [-0.25, -0.2) is 0 Å². The molecule has 1 fully saturated rings. The molecule has 0 aliphatic carbocycles. The summed E-state index contributed by atoms with van der Waals surface area (Å²) in [4.78, 5) is 0. The molecular weight excluding hydrogens is 212 g/mol. The SMILES string of the molecule is CCC[Si]1CC[Si](Cl)(CCC)CC1. The second kappa shape index (κ2) is 5.57. The van der Waals surface area contributed by atoms with E-state index in [1.807, 2.05) is 0 Å². The molecule has 1 saturated heterocycles. The highest BCUT2D eigenvalue weighted by atomic mass is 35.6. The molecule has 0 bridgehead atoms. The Morgan fingerprint density at radius 1 is 1.15 bits per heavy atom. The fourth-order valence-corrected chi connectivity index (χ4v) is 14.1. The summed E-state index contributed by atoms with van der Waals surface area (Å²) in [6.45, 7) is 4.60. The first-order valence-corrected chi connectivity index (χ1v) is 11.5. The van der Waals surface area contributed by atoms with Crippen molar-refractivity contribution in [2.24, 2.45) is 0 Å². The van der Waals surface area contributed by atoms with Crippen LogP contribution >= 0.6 is 11.1 Å². The van der Waals surface area contributed by atoms with Gasteiger partial charge in [0, 0.05) is 8.80 Å². The molecule has 0 nitrogen and oxygen atoms in total. The summed E-state index contributed by atoms with van der Waals surface area (Å²) in [7, 11) is -1.15. The minimum atomic E-state index is -1.21. The topological polar surface area (TPSA) is 0 Å². The van der Waals surface area contributed by atoms with Gasteiger partial charge in [-0.2, -0.15) is 11.1 Å². The summed E-state index contributed by atoms with van der Waals surface area (Å²) in [6, 6.07) is 8.86. The van der Waals surface area contributed by atoms with E-state index in [2.05, 4.69) is 13.8 Å². The van der Waals surface area contributed by atoms with Crippen LogP contribution < -0.4 is 0 Å². The van der Waals surface area contributed by atoms with Crippen LogP contribution in [0.15, 0.2) is 0 Å². The molecule has 0 aromatic heterocycles. The Balaban J connectivity index is 2.28. The van der Waals surface area contributed by atoms with Crippen molar-refractivity contribution in [3.8, 4) is 0 Å². The van der Waals surface area contributed by atoms with Crippen LogP contribution in [-0.2, 0) is 0 Å². The van der Waals surface area contributed by atoms with Gasteiger partial charge in [0.15, 0.2) is 7.38 Å². The van der Waals surface area contributed by atoms with Crippen LogP contribution in [0.2, 0.25) is 36.3 Å². The van der Waals surface area contributed by atoms with E-state index in [0.29, 0.717) is 0 Å². The normalized spacial score (nSPS) is 23.3. The van der Waals surface area contributed by atoms with Crippen LogP contribution in [-0.4, -0.2) is 16.2 Å². The lowest BCUT2D eigenvalue weighted by Crippen LogP contribution is -2.34. The van der Waals surface area contributed by atoms with E-state index in [1.165, 1.54) is 49.1 Å². The van der Waals surface area contributed by atoms with Crippen molar-refractivity contribution in [2.45, 2.75) is 63.0 Å². The van der Waals surface area contributed by atoms with Crippen LogP contribution in [0.25, 0.3) is 0 Å². The third kappa shape index (κ3) is 3.76. The lowest BCUT2D eigenvalue weighted by atomic mass is 10.6. The van der Waals surface area contributed by atoms with E-state index in [0.717, 1.165) is 0 Å².